The maximum Gasteiger partial charge on any atom is 0.131 e. The van der Waals surface area contributed by atoms with Gasteiger partial charge in [-0.2, -0.15) is 0 Å². The molecule has 96 valence electrons. The lowest BCUT2D eigenvalue weighted by Gasteiger charge is -2.09. The Kier molecular flexibility index (Phi) is 4.37. The van der Waals surface area contributed by atoms with Gasteiger partial charge in [0.25, 0.3) is 0 Å². The summed E-state index contributed by atoms with van der Waals surface area (Å²) in [5.41, 5.74) is 6.15. The Hall–Kier alpha value is -0.910. The molecule has 1 heterocycles. The molecule has 0 saturated carbocycles. The van der Waals surface area contributed by atoms with Crippen molar-refractivity contribution < 1.29 is 9.13 Å². The van der Waals surface area contributed by atoms with Gasteiger partial charge >= 0.3 is 0 Å². The van der Waals surface area contributed by atoms with Crippen LogP contribution >= 0.6 is 27.3 Å². The normalized spacial score (nSPS) is 12.4. The first-order valence-corrected chi connectivity index (χ1v) is 7.09. The van der Waals surface area contributed by atoms with Crippen molar-refractivity contribution in [3.8, 4) is 5.75 Å². The van der Waals surface area contributed by atoms with Crippen LogP contribution in [-0.4, -0.2) is 0 Å². The number of rotatable bonds is 4. The summed E-state index contributed by atoms with van der Waals surface area (Å²) in [4.78, 5) is 1.08. The topological polar surface area (TPSA) is 35.2 Å². The van der Waals surface area contributed by atoms with E-state index in [4.69, 9.17) is 10.5 Å². The molecular formula is C13H13BrFNOS. The van der Waals surface area contributed by atoms with Gasteiger partial charge in [-0.05, 0) is 41.1 Å². The van der Waals surface area contributed by atoms with E-state index < -0.39 is 0 Å². The summed E-state index contributed by atoms with van der Waals surface area (Å²) in [5, 5.41) is 0. The van der Waals surface area contributed by atoms with Crippen molar-refractivity contribution in [1.29, 1.82) is 0 Å². The van der Waals surface area contributed by atoms with Gasteiger partial charge in [0.2, 0.25) is 0 Å². The maximum atomic E-state index is 13.7. The molecule has 18 heavy (non-hydrogen) atoms. The molecule has 2 N–H and O–H groups in total. The minimum atomic E-state index is -0.324. The lowest BCUT2D eigenvalue weighted by Crippen LogP contribution is -2.07. The second kappa shape index (κ2) is 5.82. The van der Waals surface area contributed by atoms with Crippen molar-refractivity contribution in [2.24, 2.45) is 5.73 Å². The fourth-order valence-electron chi connectivity index (χ4n) is 1.55. The molecule has 5 heteroatoms. The highest BCUT2D eigenvalue weighted by atomic mass is 79.9. The van der Waals surface area contributed by atoms with Crippen molar-refractivity contribution in [3.63, 3.8) is 0 Å². The number of ether oxygens (including phenoxy) is 1. The van der Waals surface area contributed by atoms with Crippen LogP contribution in [0.1, 0.15) is 23.4 Å². The Labute approximate surface area is 118 Å². The van der Waals surface area contributed by atoms with Gasteiger partial charge in [-0.3, -0.25) is 0 Å². The highest BCUT2D eigenvalue weighted by molar-refractivity contribution is 9.11. The summed E-state index contributed by atoms with van der Waals surface area (Å²) >= 11 is 4.98. The van der Waals surface area contributed by atoms with E-state index >= 15 is 0 Å². The zero-order chi connectivity index (χ0) is 13.1. The van der Waals surface area contributed by atoms with Crippen LogP contribution in [0.15, 0.2) is 34.1 Å². The number of hydrogen-bond acceptors (Lipinski definition) is 3. The molecule has 0 saturated heterocycles. The van der Waals surface area contributed by atoms with Crippen LogP contribution in [0.4, 0.5) is 4.39 Å². The summed E-state index contributed by atoms with van der Waals surface area (Å²) in [5.74, 6) is 0.191. The van der Waals surface area contributed by atoms with Gasteiger partial charge in [0.1, 0.15) is 18.2 Å². The lowest BCUT2D eigenvalue weighted by molar-refractivity contribution is 0.308. The van der Waals surface area contributed by atoms with Crippen LogP contribution in [-0.2, 0) is 6.61 Å². The SMILES string of the molecule is CC(N)c1ccc(OCc2ccc(Br)s2)cc1F. The summed E-state index contributed by atoms with van der Waals surface area (Å²) in [6.45, 7) is 2.19. The van der Waals surface area contributed by atoms with Gasteiger partial charge in [-0.15, -0.1) is 11.3 Å². The lowest BCUT2D eigenvalue weighted by atomic mass is 10.1. The van der Waals surface area contributed by atoms with Crippen LogP contribution in [0.5, 0.6) is 5.75 Å². The molecule has 0 aliphatic rings. The van der Waals surface area contributed by atoms with Gasteiger partial charge in [-0.25, -0.2) is 4.39 Å². The van der Waals surface area contributed by atoms with E-state index in [0.29, 0.717) is 17.9 Å². The van der Waals surface area contributed by atoms with Crippen LogP contribution in [0.3, 0.4) is 0 Å². The molecule has 2 rings (SSSR count). The van der Waals surface area contributed by atoms with Crippen molar-refractivity contribution in [2.45, 2.75) is 19.6 Å². The van der Waals surface area contributed by atoms with E-state index in [-0.39, 0.29) is 11.9 Å². The zero-order valence-electron chi connectivity index (χ0n) is 9.82. The van der Waals surface area contributed by atoms with Gasteiger partial charge in [0.05, 0.1) is 3.79 Å². The molecule has 2 nitrogen and oxygen atoms in total. The molecule has 0 aliphatic heterocycles. The molecule has 1 atom stereocenters. The van der Waals surface area contributed by atoms with Crippen molar-refractivity contribution in [2.75, 3.05) is 0 Å². The molecule has 0 aliphatic carbocycles. The van der Waals surface area contributed by atoms with Crippen molar-refractivity contribution in [3.05, 3.63) is 50.4 Å². The number of nitrogens with two attached hydrogens (primary N) is 1. The average Bonchev–Trinajstić information content (AvgIpc) is 2.72. The Balaban J connectivity index is 2.04. The number of thiophene rings is 1. The predicted molar refractivity (Wildman–Crippen MR) is 75.4 cm³/mol. The first-order chi connectivity index (χ1) is 8.56. The van der Waals surface area contributed by atoms with E-state index in [2.05, 4.69) is 15.9 Å². The first-order valence-electron chi connectivity index (χ1n) is 5.48. The Morgan fingerprint density at radius 3 is 2.72 bits per heavy atom. The van der Waals surface area contributed by atoms with Crippen LogP contribution < -0.4 is 10.5 Å². The molecular weight excluding hydrogens is 317 g/mol. The van der Waals surface area contributed by atoms with Gasteiger partial charge in [0, 0.05) is 22.5 Å². The molecule has 1 unspecified atom stereocenters. The smallest absolute Gasteiger partial charge is 0.131 e. The van der Waals surface area contributed by atoms with Crippen molar-refractivity contribution in [1.82, 2.24) is 0 Å². The molecule has 0 amide bonds. The molecule has 0 spiro atoms. The zero-order valence-corrected chi connectivity index (χ0v) is 12.2. The number of halogens is 2. The molecule has 0 radical (unpaired) electrons. The van der Waals surface area contributed by atoms with E-state index in [1.807, 2.05) is 12.1 Å². The Morgan fingerprint density at radius 1 is 1.39 bits per heavy atom. The standard InChI is InChI=1S/C13H13BrFNOS/c1-8(16)11-4-2-9(6-12(11)15)17-7-10-3-5-13(14)18-10/h2-6,8H,7,16H2,1H3. The van der Waals surface area contributed by atoms with Crippen LogP contribution in [0.25, 0.3) is 0 Å². The third kappa shape index (κ3) is 3.31. The molecule has 2 aromatic rings. The quantitative estimate of drug-likeness (QED) is 0.910. The fraction of sp³-hybridized carbons (Fsp3) is 0.231. The van der Waals surface area contributed by atoms with E-state index in [1.54, 1.807) is 30.4 Å². The van der Waals surface area contributed by atoms with Gasteiger partial charge in [0.15, 0.2) is 0 Å². The number of hydrogen-bond donors (Lipinski definition) is 1. The maximum absolute atomic E-state index is 13.7. The molecule has 0 fully saturated rings. The van der Waals surface area contributed by atoms with Crippen LogP contribution in [0.2, 0.25) is 0 Å². The third-order valence-electron chi connectivity index (χ3n) is 2.47. The minimum absolute atomic E-state index is 0.313. The second-order valence-electron chi connectivity index (χ2n) is 3.97. The van der Waals surface area contributed by atoms with E-state index in [9.17, 15) is 4.39 Å². The summed E-state index contributed by atoms with van der Waals surface area (Å²) in [6.07, 6.45) is 0. The van der Waals surface area contributed by atoms with E-state index in [0.717, 1.165) is 8.66 Å². The molecule has 0 bridgehead atoms. The fourth-order valence-corrected chi connectivity index (χ4v) is 2.95. The highest BCUT2D eigenvalue weighted by Crippen LogP contribution is 2.25. The molecule has 1 aromatic carbocycles. The largest absolute Gasteiger partial charge is 0.488 e. The summed E-state index contributed by atoms with van der Waals surface area (Å²) < 4.78 is 20.3. The Morgan fingerprint density at radius 2 is 2.17 bits per heavy atom. The predicted octanol–water partition coefficient (Wildman–Crippen LogP) is 4.25. The van der Waals surface area contributed by atoms with Gasteiger partial charge < -0.3 is 10.5 Å². The van der Waals surface area contributed by atoms with Crippen molar-refractivity contribution >= 4 is 27.3 Å². The average molecular weight is 330 g/mol. The Bertz CT molecular complexity index is 542. The van der Waals surface area contributed by atoms with E-state index in [1.165, 1.54) is 6.07 Å². The first kappa shape index (κ1) is 13.5. The summed E-state index contributed by atoms with van der Waals surface area (Å²) in [7, 11) is 0. The number of benzene rings is 1. The van der Waals surface area contributed by atoms with Crippen LogP contribution in [0, 0.1) is 5.82 Å². The molecule has 1 aromatic heterocycles. The highest BCUT2D eigenvalue weighted by Gasteiger charge is 2.08. The second-order valence-corrected chi connectivity index (χ2v) is 6.51. The van der Waals surface area contributed by atoms with Gasteiger partial charge in [-0.1, -0.05) is 6.07 Å². The third-order valence-corrected chi connectivity index (χ3v) is 4.07. The minimum Gasteiger partial charge on any atom is -0.488 e. The summed E-state index contributed by atoms with van der Waals surface area (Å²) in [6, 6.07) is 8.41. The monoisotopic (exact) mass is 329 g/mol.